The Morgan fingerprint density at radius 1 is 0.478 bits per heavy atom. The highest BCUT2D eigenvalue weighted by Gasteiger charge is 2.37. The number of hydrogen-bond acceptors (Lipinski definition) is 3. The minimum Gasteiger partial charge on any atom is -0.228 e. The van der Waals surface area contributed by atoms with Crippen molar-refractivity contribution in [2.45, 2.75) is 19.3 Å². The lowest BCUT2D eigenvalue weighted by Crippen LogP contribution is -2.14. The summed E-state index contributed by atoms with van der Waals surface area (Å²) in [6, 6.07) is 52.3. The van der Waals surface area contributed by atoms with Crippen molar-refractivity contribution in [1.29, 1.82) is 0 Å². The van der Waals surface area contributed by atoms with Gasteiger partial charge in [0.1, 0.15) is 0 Å². The second kappa shape index (κ2) is 10.3. The second-order valence-corrected chi connectivity index (χ2v) is 13.7. The van der Waals surface area contributed by atoms with Gasteiger partial charge in [-0.05, 0) is 85.9 Å². The molecule has 0 bridgehead atoms. The summed E-state index contributed by atoms with van der Waals surface area (Å²) >= 11 is 1.78. The highest BCUT2D eigenvalue weighted by molar-refractivity contribution is 7.22. The molecule has 46 heavy (non-hydrogen) atoms. The fraction of sp³-hybridized carbons (Fsp3) is 0.0698. The summed E-state index contributed by atoms with van der Waals surface area (Å²) in [5, 5.41) is 3.80. The lowest BCUT2D eigenvalue weighted by atomic mass is 9.81. The predicted octanol–water partition coefficient (Wildman–Crippen LogP) is 11.8. The summed E-state index contributed by atoms with van der Waals surface area (Å²) in [6.07, 6.45) is 0. The van der Waals surface area contributed by atoms with E-state index in [4.69, 9.17) is 9.97 Å². The summed E-state index contributed by atoms with van der Waals surface area (Å²) in [4.78, 5) is 11.4. The first-order chi connectivity index (χ1) is 22.5. The Bertz CT molecular complexity index is 2420. The monoisotopic (exact) mass is 606 g/mol. The molecule has 0 aliphatic heterocycles. The summed E-state index contributed by atoms with van der Waals surface area (Å²) < 4.78 is 1.26. The third-order valence-electron chi connectivity index (χ3n) is 9.47. The third-order valence-corrected chi connectivity index (χ3v) is 10.6. The van der Waals surface area contributed by atoms with Crippen molar-refractivity contribution < 1.29 is 0 Å². The van der Waals surface area contributed by atoms with Gasteiger partial charge in [-0.3, -0.25) is 0 Å². The summed E-state index contributed by atoms with van der Waals surface area (Å²) in [6.45, 7) is 4.71. The summed E-state index contributed by atoms with van der Waals surface area (Å²) in [5.74, 6) is 0.735. The van der Waals surface area contributed by atoms with Crippen molar-refractivity contribution in [3.05, 3.63) is 157 Å². The van der Waals surface area contributed by atoms with Gasteiger partial charge in [0.15, 0.2) is 5.82 Å². The summed E-state index contributed by atoms with van der Waals surface area (Å²) in [5.41, 5.74) is 11.7. The molecule has 1 aliphatic rings. The Labute approximate surface area is 272 Å². The molecule has 0 spiro atoms. The average Bonchev–Trinajstić information content (AvgIpc) is 3.64. The Balaban J connectivity index is 1.22. The van der Waals surface area contributed by atoms with Crippen LogP contribution in [0.15, 0.2) is 146 Å². The maximum atomic E-state index is 5.15. The topological polar surface area (TPSA) is 25.8 Å². The molecule has 0 radical (unpaired) electrons. The largest absolute Gasteiger partial charge is 0.228 e. The lowest BCUT2D eigenvalue weighted by Gasteiger charge is -2.22. The Kier molecular flexibility index (Phi) is 6.06. The van der Waals surface area contributed by atoms with E-state index in [1.165, 1.54) is 54.2 Å². The Morgan fingerprint density at radius 3 is 1.98 bits per heavy atom. The van der Waals surface area contributed by atoms with Gasteiger partial charge < -0.3 is 0 Å². The molecule has 0 unspecified atom stereocenters. The summed E-state index contributed by atoms with van der Waals surface area (Å²) in [7, 11) is 0. The quantitative estimate of drug-likeness (QED) is 0.199. The molecule has 2 heterocycles. The fourth-order valence-corrected chi connectivity index (χ4v) is 8.13. The molecule has 218 valence electrons. The molecular formula is C43H30N2S. The van der Waals surface area contributed by atoms with Crippen molar-refractivity contribution >= 4 is 32.2 Å². The van der Waals surface area contributed by atoms with E-state index >= 15 is 0 Å². The zero-order valence-corrected chi connectivity index (χ0v) is 26.5. The van der Waals surface area contributed by atoms with Gasteiger partial charge >= 0.3 is 0 Å². The first-order valence-electron chi connectivity index (χ1n) is 15.7. The normalized spacial score (nSPS) is 13.2. The van der Waals surface area contributed by atoms with Crippen LogP contribution in [0.3, 0.4) is 0 Å². The van der Waals surface area contributed by atoms with Crippen LogP contribution in [0, 0.1) is 0 Å². The zero-order chi connectivity index (χ0) is 30.8. The van der Waals surface area contributed by atoms with E-state index in [-0.39, 0.29) is 5.41 Å². The maximum Gasteiger partial charge on any atom is 0.160 e. The van der Waals surface area contributed by atoms with Crippen LogP contribution in [0.5, 0.6) is 0 Å². The van der Waals surface area contributed by atoms with Gasteiger partial charge in [-0.1, -0.05) is 123 Å². The SMILES string of the molecule is CC1(C)c2cc3ccccc3cc2-c2c(-c3cccc(-c4cc(-c5cc6ccccc6s5)nc(-c5ccccc5)n4)c3)cccc21. The third kappa shape index (κ3) is 4.31. The van der Waals surface area contributed by atoms with Crippen molar-refractivity contribution in [3.8, 4) is 55.5 Å². The second-order valence-electron chi connectivity index (χ2n) is 12.7. The molecule has 0 saturated heterocycles. The number of thiophene rings is 1. The fourth-order valence-electron chi connectivity index (χ4n) is 7.11. The molecule has 0 atom stereocenters. The molecular weight excluding hydrogens is 577 g/mol. The predicted molar refractivity (Wildman–Crippen MR) is 194 cm³/mol. The van der Waals surface area contributed by atoms with Gasteiger partial charge in [0.2, 0.25) is 0 Å². The smallest absolute Gasteiger partial charge is 0.160 e. The van der Waals surface area contributed by atoms with E-state index in [9.17, 15) is 0 Å². The van der Waals surface area contributed by atoms with Crippen LogP contribution in [-0.4, -0.2) is 9.97 Å². The van der Waals surface area contributed by atoms with Crippen molar-refractivity contribution in [3.63, 3.8) is 0 Å². The van der Waals surface area contributed by atoms with E-state index in [0.717, 1.165) is 33.2 Å². The molecule has 0 fully saturated rings. The molecule has 9 rings (SSSR count). The average molecular weight is 607 g/mol. The van der Waals surface area contributed by atoms with Gasteiger partial charge in [-0.25, -0.2) is 9.97 Å². The van der Waals surface area contributed by atoms with Crippen LogP contribution >= 0.6 is 11.3 Å². The number of fused-ring (bicyclic) bond motifs is 5. The zero-order valence-electron chi connectivity index (χ0n) is 25.7. The van der Waals surface area contributed by atoms with E-state index in [1.807, 2.05) is 18.2 Å². The first-order valence-corrected chi connectivity index (χ1v) is 16.6. The van der Waals surface area contributed by atoms with Crippen LogP contribution < -0.4 is 0 Å². The maximum absolute atomic E-state index is 5.15. The van der Waals surface area contributed by atoms with E-state index in [0.29, 0.717) is 0 Å². The van der Waals surface area contributed by atoms with Gasteiger partial charge in [-0.15, -0.1) is 11.3 Å². The van der Waals surface area contributed by atoms with E-state index in [1.54, 1.807) is 11.3 Å². The molecule has 0 N–H and O–H groups in total. The van der Waals surface area contributed by atoms with Crippen LogP contribution in [0.2, 0.25) is 0 Å². The minimum atomic E-state index is -0.0846. The highest BCUT2D eigenvalue weighted by Crippen LogP contribution is 2.53. The van der Waals surface area contributed by atoms with E-state index in [2.05, 4.69) is 141 Å². The molecule has 8 aromatic rings. The number of nitrogens with zero attached hydrogens (tertiary/aromatic N) is 2. The Hall–Kier alpha value is -5.38. The molecule has 6 aromatic carbocycles. The highest BCUT2D eigenvalue weighted by atomic mass is 32.1. The lowest BCUT2D eigenvalue weighted by molar-refractivity contribution is 0.661. The van der Waals surface area contributed by atoms with Gasteiger partial charge in [0.05, 0.1) is 16.3 Å². The van der Waals surface area contributed by atoms with Gasteiger partial charge in [-0.2, -0.15) is 0 Å². The van der Waals surface area contributed by atoms with Crippen LogP contribution in [-0.2, 0) is 5.41 Å². The Morgan fingerprint density at radius 2 is 1.15 bits per heavy atom. The van der Waals surface area contributed by atoms with Crippen molar-refractivity contribution in [1.82, 2.24) is 9.97 Å². The molecule has 3 heteroatoms. The molecule has 0 saturated carbocycles. The number of aromatic nitrogens is 2. The molecule has 2 nitrogen and oxygen atoms in total. The van der Waals surface area contributed by atoms with Gasteiger partial charge in [0.25, 0.3) is 0 Å². The number of benzene rings is 6. The van der Waals surface area contributed by atoms with Crippen LogP contribution in [0.25, 0.3) is 76.3 Å². The first kappa shape index (κ1) is 27.0. The van der Waals surface area contributed by atoms with Crippen LogP contribution in [0.1, 0.15) is 25.0 Å². The molecule has 1 aliphatic carbocycles. The van der Waals surface area contributed by atoms with Gasteiger partial charge in [0, 0.05) is 21.2 Å². The molecule has 2 aromatic heterocycles. The standard InChI is InChI=1S/C43H30N2S/c1-43(2)35-20-11-19-33(41(35)34-23-28-14-6-7-15-29(28)24-36(34)43)30-17-10-18-31(22-30)37-26-38(40-25-32-16-8-9-21-39(32)46-40)45-42(44-37)27-12-4-3-5-13-27/h3-26H,1-2H3. The molecule has 0 amide bonds. The van der Waals surface area contributed by atoms with Crippen LogP contribution in [0.4, 0.5) is 0 Å². The van der Waals surface area contributed by atoms with E-state index < -0.39 is 0 Å². The minimum absolute atomic E-state index is 0.0846. The number of rotatable bonds is 4. The van der Waals surface area contributed by atoms with Crippen molar-refractivity contribution in [2.75, 3.05) is 0 Å². The van der Waals surface area contributed by atoms with Crippen molar-refractivity contribution in [2.24, 2.45) is 0 Å². The number of hydrogen-bond donors (Lipinski definition) is 0.